The molecule has 5 nitrogen and oxygen atoms in total. The fourth-order valence-electron chi connectivity index (χ4n) is 2.20. The number of halogens is 3. The number of hydrogen-bond donors (Lipinski definition) is 1. The van der Waals surface area contributed by atoms with Crippen molar-refractivity contribution in [2.75, 3.05) is 5.32 Å². The first kappa shape index (κ1) is 18.0. The minimum Gasteiger partial charge on any atom is -0.433 e. The summed E-state index contributed by atoms with van der Waals surface area (Å²) in [6.45, 7) is 0.857. The van der Waals surface area contributed by atoms with Crippen molar-refractivity contribution in [2.24, 2.45) is 0 Å². The second kappa shape index (κ2) is 7.20. The smallest absolute Gasteiger partial charge is 0.394 e. The Labute approximate surface area is 150 Å². The lowest BCUT2D eigenvalue weighted by atomic mass is 10.2. The van der Waals surface area contributed by atoms with Crippen LogP contribution in [-0.4, -0.2) is 15.0 Å². The highest BCUT2D eigenvalue weighted by Crippen LogP contribution is 2.24. The molecular formula is C17H14F3N3O2S. The molecule has 3 rings (SSSR count). The summed E-state index contributed by atoms with van der Waals surface area (Å²) in [5.41, 5.74) is 0.736. The first-order valence-corrected chi connectivity index (χ1v) is 8.32. The molecule has 0 bridgehead atoms. The number of anilines is 2. The monoisotopic (exact) mass is 381 g/mol. The molecule has 0 atom stereocenters. The van der Waals surface area contributed by atoms with E-state index in [1.165, 1.54) is 40.4 Å². The Hall–Kier alpha value is -2.81. The predicted octanol–water partition coefficient (Wildman–Crippen LogP) is 4.23. The van der Waals surface area contributed by atoms with E-state index in [0.717, 1.165) is 11.5 Å². The van der Waals surface area contributed by atoms with Gasteiger partial charge in [0.15, 0.2) is 0 Å². The third-order valence-corrected chi connectivity index (χ3v) is 4.10. The van der Waals surface area contributed by atoms with Crippen LogP contribution in [0.5, 0.6) is 5.75 Å². The van der Waals surface area contributed by atoms with E-state index in [1.807, 2.05) is 0 Å². The second-order valence-electron chi connectivity index (χ2n) is 5.52. The molecule has 0 saturated carbocycles. The van der Waals surface area contributed by atoms with Gasteiger partial charge in [-0.05, 0) is 53.5 Å². The molecule has 0 aliphatic rings. The van der Waals surface area contributed by atoms with E-state index in [9.17, 15) is 18.0 Å². The molecule has 9 heteroatoms. The van der Waals surface area contributed by atoms with E-state index in [0.29, 0.717) is 23.3 Å². The van der Waals surface area contributed by atoms with Crippen LogP contribution >= 0.6 is 11.5 Å². The molecule has 0 unspecified atom stereocenters. The van der Waals surface area contributed by atoms with Crippen LogP contribution in [0.15, 0.2) is 53.3 Å². The summed E-state index contributed by atoms with van der Waals surface area (Å²) in [6.07, 6.45) is -3.26. The molecule has 0 amide bonds. The van der Waals surface area contributed by atoms with E-state index in [4.69, 9.17) is 0 Å². The summed E-state index contributed by atoms with van der Waals surface area (Å²) in [4.78, 5) is 15.8. The number of rotatable bonds is 6. The quantitative estimate of drug-likeness (QED) is 0.694. The van der Waals surface area contributed by atoms with Crippen LogP contribution in [-0.2, 0) is 6.54 Å². The lowest BCUT2D eigenvalue weighted by Crippen LogP contribution is -2.18. The van der Waals surface area contributed by atoms with Gasteiger partial charge in [-0.3, -0.25) is 0 Å². The Morgan fingerprint density at radius 3 is 2.62 bits per heavy atom. The first-order chi connectivity index (χ1) is 12.3. The number of nitrogens with zero attached hydrogens (tertiary/aromatic N) is 2. The van der Waals surface area contributed by atoms with Gasteiger partial charge in [0.25, 0.3) is 0 Å². The molecule has 0 spiro atoms. The predicted molar refractivity (Wildman–Crippen MR) is 92.8 cm³/mol. The van der Waals surface area contributed by atoms with Gasteiger partial charge in [-0.15, -0.1) is 0 Å². The van der Waals surface area contributed by atoms with Gasteiger partial charge in [-0.2, -0.15) is 13.8 Å². The second-order valence-corrected chi connectivity index (χ2v) is 6.53. The van der Waals surface area contributed by atoms with E-state index in [2.05, 4.69) is 15.0 Å². The third kappa shape index (κ3) is 4.85. The van der Waals surface area contributed by atoms with Crippen LogP contribution in [0.2, 0.25) is 0 Å². The largest absolute Gasteiger partial charge is 0.433 e. The number of aromatic nitrogens is 2. The van der Waals surface area contributed by atoms with E-state index >= 15 is 0 Å². The van der Waals surface area contributed by atoms with Crippen molar-refractivity contribution in [3.63, 3.8) is 0 Å². The standard InChI is InChI=1S/C17H14F3N3O2S/c1-17(19,20)25-14-7-5-13(6-8-14)21-15-22-16(24)23(26-15)10-11-3-2-4-12(18)9-11/h2-9H,10H2,1H3,(H,21,22,24). The summed E-state index contributed by atoms with van der Waals surface area (Å²) in [5, 5.41) is 3.26. The zero-order chi connectivity index (χ0) is 18.7. The highest BCUT2D eigenvalue weighted by molar-refractivity contribution is 7.10. The Balaban J connectivity index is 1.70. The molecule has 0 aliphatic carbocycles. The number of alkyl halides is 2. The number of nitrogens with one attached hydrogen (secondary N) is 1. The van der Waals surface area contributed by atoms with E-state index < -0.39 is 11.8 Å². The molecule has 1 N–H and O–H groups in total. The zero-order valence-electron chi connectivity index (χ0n) is 13.6. The maximum absolute atomic E-state index is 13.2. The van der Waals surface area contributed by atoms with Crippen molar-refractivity contribution in [1.29, 1.82) is 0 Å². The summed E-state index contributed by atoms with van der Waals surface area (Å²) >= 11 is 1.08. The number of ether oxygens (including phenoxy) is 1. The van der Waals surface area contributed by atoms with Gasteiger partial charge in [-0.25, -0.2) is 13.1 Å². The van der Waals surface area contributed by atoms with Crippen LogP contribution < -0.4 is 15.7 Å². The van der Waals surface area contributed by atoms with Gasteiger partial charge in [0.2, 0.25) is 5.13 Å². The summed E-state index contributed by atoms with van der Waals surface area (Å²) in [5.74, 6) is -0.355. The molecule has 2 aromatic carbocycles. The molecule has 0 radical (unpaired) electrons. The molecule has 0 saturated heterocycles. The SMILES string of the molecule is CC(F)(F)Oc1ccc(Nc2nc(=O)n(Cc3cccc(F)c3)s2)cc1. The van der Waals surface area contributed by atoms with Gasteiger partial charge in [0, 0.05) is 12.6 Å². The van der Waals surface area contributed by atoms with Gasteiger partial charge < -0.3 is 10.1 Å². The summed E-state index contributed by atoms with van der Waals surface area (Å²) in [7, 11) is 0. The van der Waals surface area contributed by atoms with Crippen LogP contribution in [0, 0.1) is 5.82 Å². The van der Waals surface area contributed by atoms with Crippen molar-refractivity contribution in [2.45, 2.75) is 19.6 Å². The zero-order valence-corrected chi connectivity index (χ0v) is 14.4. The maximum Gasteiger partial charge on any atom is 0.394 e. The molecule has 136 valence electrons. The molecule has 0 aliphatic heterocycles. The average Bonchev–Trinajstić information content (AvgIpc) is 2.87. The van der Waals surface area contributed by atoms with Crippen LogP contribution in [0.3, 0.4) is 0 Å². The van der Waals surface area contributed by atoms with Crippen molar-refractivity contribution < 1.29 is 17.9 Å². The van der Waals surface area contributed by atoms with Crippen molar-refractivity contribution >= 4 is 22.4 Å². The van der Waals surface area contributed by atoms with Gasteiger partial charge in [0.1, 0.15) is 11.6 Å². The van der Waals surface area contributed by atoms with Crippen LogP contribution in [0.4, 0.5) is 24.0 Å². The van der Waals surface area contributed by atoms with E-state index in [1.54, 1.807) is 12.1 Å². The summed E-state index contributed by atoms with van der Waals surface area (Å²) in [6, 6.07) is 11.8. The molecule has 3 aromatic rings. The lowest BCUT2D eigenvalue weighted by molar-refractivity contribution is -0.158. The number of hydrogen-bond acceptors (Lipinski definition) is 5. The average molecular weight is 381 g/mol. The number of benzene rings is 2. The topological polar surface area (TPSA) is 56.1 Å². The highest BCUT2D eigenvalue weighted by Gasteiger charge is 2.22. The Morgan fingerprint density at radius 2 is 1.96 bits per heavy atom. The van der Waals surface area contributed by atoms with Crippen LogP contribution in [0.25, 0.3) is 0 Å². The first-order valence-electron chi connectivity index (χ1n) is 7.55. The molecule has 0 fully saturated rings. The minimum atomic E-state index is -3.26. The van der Waals surface area contributed by atoms with Gasteiger partial charge >= 0.3 is 11.8 Å². The molecule has 1 heterocycles. The normalized spacial score (nSPS) is 11.4. The minimum absolute atomic E-state index is 0.0212. The fourth-order valence-corrected chi connectivity index (χ4v) is 3.02. The van der Waals surface area contributed by atoms with E-state index in [-0.39, 0.29) is 18.1 Å². The van der Waals surface area contributed by atoms with Crippen molar-refractivity contribution in [3.05, 3.63) is 70.4 Å². The van der Waals surface area contributed by atoms with Gasteiger partial charge in [0.05, 0.1) is 6.54 Å². The van der Waals surface area contributed by atoms with Crippen LogP contribution in [0.1, 0.15) is 12.5 Å². The Kier molecular flexibility index (Phi) is 4.99. The van der Waals surface area contributed by atoms with Crippen molar-refractivity contribution in [1.82, 2.24) is 8.94 Å². The molecule has 26 heavy (non-hydrogen) atoms. The van der Waals surface area contributed by atoms with Crippen molar-refractivity contribution in [3.8, 4) is 5.75 Å². The fraction of sp³-hybridized carbons (Fsp3) is 0.176. The highest BCUT2D eigenvalue weighted by atomic mass is 32.1. The summed E-state index contributed by atoms with van der Waals surface area (Å²) < 4.78 is 44.7. The lowest BCUT2D eigenvalue weighted by Gasteiger charge is -2.13. The third-order valence-electron chi connectivity index (χ3n) is 3.23. The Bertz CT molecular complexity index is 949. The Morgan fingerprint density at radius 1 is 1.23 bits per heavy atom. The molecule has 1 aromatic heterocycles. The molecular weight excluding hydrogens is 367 g/mol. The maximum atomic E-state index is 13.2. The van der Waals surface area contributed by atoms with Gasteiger partial charge in [-0.1, -0.05) is 12.1 Å².